The van der Waals surface area contributed by atoms with Crippen LogP contribution in [0.2, 0.25) is 0 Å². The lowest BCUT2D eigenvalue weighted by molar-refractivity contribution is -0.0581. The predicted octanol–water partition coefficient (Wildman–Crippen LogP) is 3.64. The summed E-state index contributed by atoms with van der Waals surface area (Å²) in [5.41, 5.74) is -5.00. The first-order valence-corrected chi connectivity index (χ1v) is 7.09. The Morgan fingerprint density at radius 2 is 1.68 bits per heavy atom. The zero-order valence-electron chi connectivity index (χ0n) is 10.5. The van der Waals surface area contributed by atoms with Crippen LogP contribution in [0.3, 0.4) is 0 Å². The van der Waals surface area contributed by atoms with Gasteiger partial charge in [-0.05, 0) is 17.9 Å². The van der Waals surface area contributed by atoms with Crippen LogP contribution in [0.1, 0.15) is 31.9 Å². The second-order valence-electron chi connectivity index (χ2n) is 4.52. The highest BCUT2D eigenvalue weighted by molar-refractivity contribution is 7.87. The molecule has 0 spiro atoms. The van der Waals surface area contributed by atoms with Gasteiger partial charge in [-0.25, -0.2) is 0 Å². The standard InChI is InChI=1S/C12H15F3O3S/c1-9(2)8-11(10-6-4-3-5-7-10)18-19(16,17)12(13,14)15/h3-7,9,11H,8H2,1-2H3. The van der Waals surface area contributed by atoms with E-state index in [1.165, 1.54) is 0 Å². The van der Waals surface area contributed by atoms with Crippen LogP contribution < -0.4 is 0 Å². The van der Waals surface area contributed by atoms with E-state index in [4.69, 9.17) is 0 Å². The summed E-state index contributed by atoms with van der Waals surface area (Å²) >= 11 is 0. The summed E-state index contributed by atoms with van der Waals surface area (Å²) in [7, 11) is -5.59. The van der Waals surface area contributed by atoms with E-state index in [9.17, 15) is 21.6 Å². The maximum atomic E-state index is 12.3. The van der Waals surface area contributed by atoms with E-state index in [0.717, 1.165) is 0 Å². The molecule has 0 saturated carbocycles. The molecule has 7 heteroatoms. The Hall–Kier alpha value is -1.08. The molecular weight excluding hydrogens is 281 g/mol. The van der Waals surface area contributed by atoms with Crippen molar-refractivity contribution in [3.8, 4) is 0 Å². The first kappa shape index (κ1) is 16.0. The molecule has 0 fully saturated rings. The molecule has 3 nitrogen and oxygen atoms in total. The summed E-state index contributed by atoms with van der Waals surface area (Å²) in [5.74, 6) is -0.00589. The molecule has 0 aliphatic rings. The molecule has 0 aliphatic heterocycles. The highest BCUT2D eigenvalue weighted by atomic mass is 32.2. The van der Waals surface area contributed by atoms with Crippen LogP contribution in [0.15, 0.2) is 30.3 Å². The van der Waals surface area contributed by atoms with E-state index in [1.54, 1.807) is 44.2 Å². The number of benzene rings is 1. The minimum Gasteiger partial charge on any atom is -0.255 e. The van der Waals surface area contributed by atoms with Gasteiger partial charge in [0, 0.05) is 0 Å². The van der Waals surface area contributed by atoms with Crippen molar-refractivity contribution in [1.29, 1.82) is 0 Å². The summed E-state index contributed by atoms with van der Waals surface area (Å²) in [6, 6.07) is 8.00. The van der Waals surface area contributed by atoms with Crippen LogP contribution in [-0.2, 0) is 14.3 Å². The first-order chi connectivity index (χ1) is 8.63. The van der Waals surface area contributed by atoms with E-state index < -0.39 is 21.7 Å². The first-order valence-electron chi connectivity index (χ1n) is 5.68. The maximum absolute atomic E-state index is 12.3. The van der Waals surface area contributed by atoms with E-state index in [-0.39, 0.29) is 12.3 Å². The Bertz CT molecular complexity index is 495. The summed E-state index contributed by atoms with van der Waals surface area (Å²) in [4.78, 5) is 0. The van der Waals surface area contributed by atoms with Crippen molar-refractivity contribution >= 4 is 10.1 Å². The van der Waals surface area contributed by atoms with Crippen molar-refractivity contribution in [2.24, 2.45) is 5.92 Å². The van der Waals surface area contributed by atoms with Gasteiger partial charge in [-0.1, -0.05) is 44.2 Å². The maximum Gasteiger partial charge on any atom is 0.523 e. The Kier molecular flexibility index (Phi) is 4.98. The quantitative estimate of drug-likeness (QED) is 0.615. The van der Waals surface area contributed by atoms with Crippen molar-refractivity contribution in [3.05, 3.63) is 35.9 Å². The fourth-order valence-corrected chi connectivity index (χ4v) is 2.14. The smallest absolute Gasteiger partial charge is 0.255 e. The zero-order chi connectivity index (χ0) is 14.7. The molecule has 0 aromatic heterocycles. The van der Waals surface area contributed by atoms with E-state index >= 15 is 0 Å². The van der Waals surface area contributed by atoms with E-state index in [0.29, 0.717) is 5.56 Å². The predicted molar refractivity (Wildman–Crippen MR) is 64.7 cm³/mol. The van der Waals surface area contributed by atoms with Gasteiger partial charge in [0.2, 0.25) is 0 Å². The molecule has 1 aromatic rings. The molecule has 0 saturated heterocycles. The Morgan fingerprint density at radius 1 is 1.16 bits per heavy atom. The third kappa shape index (κ3) is 4.50. The Morgan fingerprint density at radius 3 is 2.11 bits per heavy atom. The molecule has 1 aromatic carbocycles. The third-order valence-corrected chi connectivity index (χ3v) is 3.44. The minimum atomic E-state index is -5.59. The second-order valence-corrected chi connectivity index (χ2v) is 6.09. The largest absolute Gasteiger partial charge is 0.523 e. The average Bonchev–Trinajstić information content (AvgIpc) is 2.27. The summed E-state index contributed by atoms with van der Waals surface area (Å²) in [6.07, 6.45) is -0.952. The molecule has 0 heterocycles. The molecule has 1 unspecified atom stereocenters. The van der Waals surface area contributed by atoms with Crippen molar-refractivity contribution in [2.45, 2.75) is 31.9 Å². The molecule has 1 atom stereocenters. The molecule has 108 valence electrons. The van der Waals surface area contributed by atoms with Crippen molar-refractivity contribution < 1.29 is 25.8 Å². The van der Waals surface area contributed by atoms with Crippen molar-refractivity contribution in [3.63, 3.8) is 0 Å². The summed E-state index contributed by atoms with van der Waals surface area (Å²) < 4.78 is 63.5. The molecule has 19 heavy (non-hydrogen) atoms. The van der Waals surface area contributed by atoms with Gasteiger partial charge >= 0.3 is 15.6 Å². The van der Waals surface area contributed by atoms with Crippen molar-refractivity contribution in [1.82, 2.24) is 0 Å². The monoisotopic (exact) mass is 296 g/mol. The molecular formula is C12H15F3O3S. The summed E-state index contributed by atoms with van der Waals surface area (Å²) in [6.45, 7) is 3.55. The molecule has 1 rings (SSSR count). The minimum absolute atomic E-state index is 0.00589. The van der Waals surface area contributed by atoms with Crippen LogP contribution in [0.25, 0.3) is 0 Å². The normalized spacial score (nSPS) is 14.6. The lowest BCUT2D eigenvalue weighted by Gasteiger charge is -2.20. The lowest BCUT2D eigenvalue weighted by Crippen LogP contribution is -2.27. The van der Waals surface area contributed by atoms with Crippen LogP contribution in [0, 0.1) is 5.92 Å². The Balaban J connectivity index is 3.01. The van der Waals surface area contributed by atoms with Gasteiger partial charge in [-0.3, -0.25) is 4.18 Å². The van der Waals surface area contributed by atoms with E-state index in [2.05, 4.69) is 4.18 Å². The molecule has 0 amide bonds. The fourth-order valence-electron chi connectivity index (χ4n) is 1.53. The van der Waals surface area contributed by atoms with Gasteiger partial charge in [0.25, 0.3) is 0 Å². The zero-order valence-corrected chi connectivity index (χ0v) is 11.3. The molecule has 0 N–H and O–H groups in total. The fraction of sp³-hybridized carbons (Fsp3) is 0.500. The van der Waals surface area contributed by atoms with Crippen LogP contribution in [-0.4, -0.2) is 13.9 Å². The van der Waals surface area contributed by atoms with Crippen LogP contribution >= 0.6 is 0 Å². The lowest BCUT2D eigenvalue weighted by atomic mass is 10.00. The summed E-state index contributed by atoms with van der Waals surface area (Å²) in [5, 5.41) is 0. The highest BCUT2D eigenvalue weighted by Gasteiger charge is 2.48. The Labute approximate surface area is 110 Å². The third-order valence-electron chi connectivity index (χ3n) is 2.38. The van der Waals surface area contributed by atoms with Gasteiger partial charge in [-0.2, -0.15) is 21.6 Å². The number of halogens is 3. The van der Waals surface area contributed by atoms with Gasteiger partial charge < -0.3 is 0 Å². The van der Waals surface area contributed by atoms with Crippen LogP contribution in [0.5, 0.6) is 0 Å². The molecule has 0 radical (unpaired) electrons. The number of hydrogen-bond acceptors (Lipinski definition) is 3. The van der Waals surface area contributed by atoms with Crippen LogP contribution in [0.4, 0.5) is 13.2 Å². The van der Waals surface area contributed by atoms with Gasteiger partial charge in [-0.15, -0.1) is 0 Å². The molecule has 0 bridgehead atoms. The average molecular weight is 296 g/mol. The molecule has 0 aliphatic carbocycles. The number of hydrogen-bond donors (Lipinski definition) is 0. The van der Waals surface area contributed by atoms with Gasteiger partial charge in [0.1, 0.15) is 6.10 Å². The SMILES string of the molecule is CC(C)CC(OS(=O)(=O)C(F)(F)F)c1ccccc1. The van der Waals surface area contributed by atoms with Crippen molar-refractivity contribution in [2.75, 3.05) is 0 Å². The van der Waals surface area contributed by atoms with E-state index in [1.807, 2.05) is 0 Å². The highest BCUT2D eigenvalue weighted by Crippen LogP contribution is 2.33. The van der Waals surface area contributed by atoms with Gasteiger partial charge in [0.05, 0.1) is 0 Å². The second kappa shape index (κ2) is 5.92. The topological polar surface area (TPSA) is 43.4 Å². The number of alkyl halides is 3. The number of rotatable bonds is 5. The van der Waals surface area contributed by atoms with Gasteiger partial charge in [0.15, 0.2) is 0 Å².